The maximum atomic E-state index is 12.1. The Morgan fingerprint density at radius 1 is 1.16 bits per heavy atom. The van der Waals surface area contributed by atoms with Gasteiger partial charge in [0.1, 0.15) is 6.61 Å². The maximum Gasteiger partial charge on any atom is 0.331 e. The highest BCUT2D eigenvalue weighted by Gasteiger charge is 2.24. The Bertz CT molecular complexity index is 679. The van der Waals surface area contributed by atoms with E-state index in [2.05, 4.69) is 10.3 Å². The second-order valence-electron chi connectivity index (χ2n) is 5.51. The molecular weight excluding hydrogens is 322 g/mol. The number of pyridine rings is 1. The Labute approximate surface area is 145 Å². The summed E-state index contributed by atoms with van der Waals surface area (Å²) in [6.07, 6.45) is 3.52. The second-order valence-corrected chi connectivity index (χ2v) is 5.51. The molecule has 0 aliphatic heterocycles. The number of benzene rings is 1. The first-order chi connectivity index (χ1) is 12.1. The Balaban J connectivity index is 1.84. The highest BCUT2D eigenvalue weighted by atomic mass is 16.5. The van der Waals surface area contributed by atoms with Crippen LogP contribution in [0.5, 0.6) is 0 Å². The molecule has 1 aromatic carbocycles. The molecule has 1 aromatic heterocycles. The molecule has 1 heterocycles. The van der Waals surface area contributed by atoms with E-state index in [4.69, 9.17) is 10.5 Å². The van der Waals surface area contributed by atoms with E-state index in [9.17, 15) is 14.7 Å². The molecule has 2 atom stereocenters. The van der Waals surface area contributed by atoms with Crippen molar-refractivity contribution in [3.63, 3.8) is 0 Å². The zero-order chi connectivity index (χ0) is 18.1. The normalized spacial score (nSPS) is 12.9. The fraction of sp³-hybridized carbons (Fsp3) is 0.278. The number of hydrogen-bond donors (Lipinski definition) is 3. The molecule has 0 saturated carbocycles. The van der Waals surface area contributed by atoms with Gasteiger partial charge in [0.2, 0.25) is 5.91 Å². The molecule has 25 heavy (non-hydrogen) atoms. The number of nitrogens with two attached hydrogens (primary N) is 1. The molecule has 2 rings (SSSR count). The van der Waals surface area contributed by atoms with Crippen molar-refractivity contribution in [1.29, 1.82) is 0 Å². The van der Waals surface area contributed by atoms with Gasteiger partial charge in [-0.1, -0.05) is 36.4 Å². The number of esters is 1. The molecule has 4 N–H and O–H groups in total. The van der Waals surface area contributed by atoms with Gasteiger partial charge in [-0.25, -0.2) is 4.79 Å². The monoisotopic (exact) mass is 343 g/mol. The van der Waals surface area contributed by atoms with Gasteiger partial charge in [0.15, 0.2) is 6.04 Å². The van der Waals surface area contributed by atoms with Crippen LogP contribution in [0.2, 0.25) is 0 Å². The van der Waals surface area contributed by atoms with Gasteiger partial charge < -0.3 is 20.9 Å². The second kappa shape index (κ2) is 9.51. The van der Waals surface area contributed by atoms with Crippen LogP contribution in [0.3, 0.4) is 0 Å². The Morgan fingerprint density at radius 3 is 2.52 bits per heavy atom. The van der Waals surface area contributed by atoms with Crippen molar-refractivity contribution in [3.8, 4) is 0 Å². The van der Waals surface area contributed by atoms with Gasteiger partial charge >= 0.3 is 5.97 Å². The van der Waals surface area contributed by atoms with Crippen LogP contribution in [0.25, 0.3) is 0 Å². The average molecular weight is 343 g/mol. The molecule has 0 spiro atoms. The van der Waals surface area contributed by atoms with Crippen LogP contribution in [0.1, 0.15) is 11.1 Å². The van der Waals surface area contributed by atoms with Crippen molar-refractivity contribution in [2.24, 2.45) is 5.73 Å². The predicted molar refractivity (Wildman–Crippen MR) is 91.2 cm³/mol. The van der Waals surface area contributed by atoms with Crippen molar-refractivity contribution in [2.45, 2.75) is 25.1 Å². The first kappa shape index (κ1) is 18.6. The summed E-state index contributed by atoms with van der Waals surface area (Å²) in [4.78, 5) is 28.1. The Kier molecular flexibility index (Phi) is 7.06. The van der Waals surface area contributed by atoms with Gasteiger partial charge in [0.25, 0.3) is 0 Å². The lowest BCUT2D eigenvalue weighted by Crippen LogP contribution is -2.51. The van der Waals surface area contributed by atoms with Crippen LogP contribution in [0.4, 0.5) is 0 Å². The summed E-state index contributed by atoms with van der Waals surface area (Å²) in [5, 5.41) is 11.8. The summed E-state index contributed by atoms with van der Waals surface area (Å²) in [6.45, 7) is -0.507. The van der Waals surface area contributed by atoms with Crippen molar-refractivity contribution < 1.29 is 19.4 Å². The number of aliphatic hydroxyl groups excluding tert-OH is 1. The van der Waals surface area contributed by atoms with E-state index in [0.717, 1.165) is 11.1 Å². The minimum atomic E-state index is -1.16. The largest absolute Gasteiger partial charge is 0.459 e. The van der Waals surface area contributed by atoms with Crippen LogP contribution in [-0.2, 0) is 27.4 Å². The minimum Gasteiger partial charge on any atom is -0.459 e. The van der Waals surface area contributed by atoms with Crippen molar-refractivity contribution in [1.82, 2.24) is 10.3 Å². The minimum absolute atomic E-state index is 0.0633. The van der Waals surface area contributed by atoms with Crippen LogP contribution in [0, 0.1) is 0 Å². The maximum absolute atomic E-state index is 12.1. The molecule has 132 valence electrons. The highest BCUT2D eigenvalue weighted by molar-refractivity contribution is 5.87. The number of nitrogens with one attached hydrogen (secondary N) is 1. The van der Waals surface area contributed by atoms with E-state index in [0.29, 0.717) is 0 Å². The van der Waals surface area contributed by atoms with Crippen LogP contribution in [0.15, 0.2) is 54.9 Å². The summed E-state index contributed by atoms with van der Waals surface area (Å²) >= 11 is 0. The van der Waals surface area contributed by atoms with Gasteiger partial charge in [-0.3, -0.25) is 9.78 Å². The van der Waals surface area contributed by atoms with Crippen LogP contribution in [-0.4, -0.2) is 40.7 Å². The SMILES string of the molecule is N[C@@H](Cc1cccnc1)C(=O)NC(CO)C(=O)OCc1ccccc1. The van der Waals surface area contributed by atoms with Gasteiger partial charge in [0, 0.05) is 12.4 Å². The first-order valence-electron chi connectivity index (χ1n) is 7.86. The smallest absolute Gasteiger partial charge is 0.331 e. The number of nitrogens with zero attached hydrogens (tertiary/aromatic N) is 1. The number of aromatic nitrogens is 1. The quantitative estimate of drug-likeness (QED) is 0.589. The first-order valence-corrected chi connectivity index (χ1v) is 7.86. The summed E-state index contributed by atoms with van der Waals surface area (Å²) in [6, 6.07) is 10.7. The number of rotatable bonds is 8. The van der Waals surface area contributed by atoms with E-state index in [1.807, 2.05) is 30.3 Å². The Hall–Kier alpha value is -2.77. The van der Waals surface area contributed by atoms with E-state index in [1.165, 1.54) is 0 Å². The molecule has 0 aliphatic rings. The van der Waals surface area contributed by atoms with E-state index in [1.54, 1.807) is 24.5 Å². The van der Waals surface area contributed by atoms with Crippen molar-refractivity contribution >= 4 is 11.9 Å². The van der Waals surface area contributed by atoms with Gasteiger partial charge in [0.05, 0.1) is 12.6 Å². The van der Waals surface area contributed by atoms with E-state index < -0.39 is 30.6 Å². The average Bonchev–Trinajstić information content (AvgIpc) is 2.65. The number of aliphatic hydroxyl groups is 1. The number of ether oxygens (including phenoxy) is 1. The lowest BCUT2D eigenvalue weighted by molar-refractivity contribution is -0.150. The van der Waals surface area contributed by atoms with Crippen LogP contribution < -0.4 is 11.1 Å². The molecule has 0 saturated heterocycles. The molecule has 0 radical (unpaired) electrons. The van der Waals surface area contributed by atoms with Gasteiger partial charge in [-0.05, 0) is 23.6 Å². The molecule has 7 heteroatoms. The van der Waals surface area contributed by atoms with Crippen molar-refractivity contribution in [2.75, 3.05) is 6.61 Å². The third kappa shape index (κ3) is 5.98. The molecule has 0 aliphatic carbocycles. The third-order valence-corrected chi connectivity index (χ3v) is 3.52. The molecular formula is C18H21N3O4. The summed E-state index contributed by atoms with van der Waals surface area (Å²) in [5.41, 5.74) is 7.46. The van der Waals surface area contributed by atoms with Gasteiger partial charge in [-0.15, -0.1) is 0 Å². The molecule has 2 aromatic rings. The summed E-state index contributed by atoms with van der Waals surface area (Å²) in [7, 11) is 0. The topological polar surface area (TPSA) is 115 Å². The highest BCUT2D eigenvalue weighted by Crippen LogP contribution is 2.03. The lowest BCUT2D eigenvalue weighted by Gasteiger charge is -2.18. The number of carbonyl (C=O) groups excluding carboxylic acids is 2. The predicted octanol–water partition coefficient (Wildman–Crippen LogP) is 0.172. The number of carbonyl (C=O) groups is 2. The summed E-state index contributed by atoms with van der Waals surface area (Å²) in [5.74, 6) is -1.26. The fourth-order valence-corrected chi connectivity index (χ4v) is 2.15. The molecule has 7 nitrogen and oxygen atoms in total. The molecule has 1 amide bonds. The van der Waals surface area contributed by atoms with Crippen molar-refractivity contribution in [3.05, 3.63) is 66.0 Å². The zero-order valence-electron chi connectivity index (χ0n) is 13.7. The molecule has 0 fully saturated rings. The van der Waals surface area contributed by atoms with E-state index >= 15 is 0 Å². The van der Waals surface area contributed by atoms with E-state index in [-0.39, 0.29) is 13.0 Å². The standard InChI is InChI=1S/C18H21N3O4/c19-15(9-14-7-4-8-20-10-14)17(23)21-16(11-22)18(24)25-12-13-5-2-1-3-6-13/h1-8,10,15-16,22H,9,11-12,19H2,(H,21,23)/t15-,16?/m0/s1. The zero-order valence-corrected chi connectivity index (χ0v) is 13.7. The lowest BCUT2D eigenvalue weighted by atomic mass is 10.1. The molecule has 0 bridgehead atoms. The van der Waals surface area contributed by atoms with Crippen LogP contribution >= 0.6 is 0 Å². The third-order valence-electron chi connectivity index (χ3n) is 3.52. The Morgan fingerprint density at radius 2 is 1.88 bits per heavy atom. The summed E-state index contributed by atoms with van der Waals surface area (Å²) < 4.78 is 5.12. The molecule has 1 unspecified atom stereocenters. The fourth-order valence-electron chi connectivity index (χ4n) is 2.15. The number of hydrogen-bond acceptors (Lipinski definition) is 6. The number of amides is 1. The van der Waals surface area contributed by atoms with Gasteiger partial charge in [-0.2, -0.15) is 0 Å².